The molecule has 5 rings (SSSR count). The van der Waals surface area contributed by atoms with Gasteiger partial charge in [-0.05, 0) is 43.5 Å². The summed E-state index contributed by atoms with van der Waals surface area (Å²) in [6.45, 7) is 1.98. The number of aliphatic hydroxyl groups excluding tert-OH is 1. The van der Waals surface area contributed by atoms with Crippen molar-refractivity contribution in [3.63, 3.8) is 0 Å². The van der Waals surface area contributed by atoms with E-state index in [9.17, 15) is 9.90 Å². The molecule has 2 N–H and O–H groups in total. The van der Waals surface area contributed by atoms with Crippen molar-refractivity contribution >= 4 is 45.8 Å². The van der Waals surface area contributed by atoms with Crippen molar-refractivity contribution in [3.05, 3.63) is 36.2 Å². The minimum Gasteiger partial charge on any atom is -0.393 e. The maximum absolute atomic E-state index is 12.9. The first-order chi connectivity index (χ1) is 14.5. The van der Waals surface area contributed by atoms with Gasteiger partial charge in [-0.2, -0.15) is 14.8 Å². The molecule has 152 valence electrons. The summed E-state index contributed by atoms with van der Waals surface area (Å²) in [7, 11) is 1.73. The van der Waals surface area contributed by atoms with Crippen LogP contribution in [0.5, 0.6) is 0 Å². The number of aryl methyl sites for hydroxylation is 1. The lowest BCUT2D eigenvalue weighted by atomic mass is 9.95. The fourth-order valence-corrected chi connectivity index (χ4v) is 4.01. The average molecular weight is 404 g/mol. The highest BCUT2D eigenvalue weighted by Crippen LogP contribution is 2.35. The highest BCUT2D eigenvalue weighted by Gasteiger charge is 2.42. The second kappa shape index (κ2) is 7.10. The van der Waals surface area contributed by atoms with Gasteiger partial charge in [-0.25, -0.2) is 14.7 Å². The first-order valence-electron chi connectivity index (χ1n) is 9.98. The highest BCUT2D eigenvalue weighted by molar-refractivity contribution is 6.00. The number of amides is 2. The molecule has 0 unspecified atom stereocenters. The van der Waals surface area contributed by atoms with Crippen molar-refractivity contribution in [2.45, 2.75) is 38.7 Å². The molecule has 0 saturated heterocycles. The van der Waals surface area contributed by atoms with E-state index >= 15 is 0 Å². The van der Waals surface area contributed by atoms with Crippen molar-refractivity contribution in [1.82, 2.24) is 20.2 Å². The molecule has 9 nitrogen and oxygen atoms in total. The monoisotopic (exact) mass is 404 g/mol. The van der Waals surface area contributed by atoms with E-state index in [4.69, 9.17) is 0 Å². The lowest BCUT2D eigenvalue weighted by Gasteiger charge is -2.18. The molecule has 2 amide bonds. The van der Waals surface area contributed by atoms with Crippen LogP contribution < -0.4 is 10.2 Å². The van der Waals surface area contributed by atoms with Gasteiger partial charge in [-0.15, -0.1) is 0 Å². The number of anilines is 3. The standard InChI is InChI=1S/C21H22N7O2/c1-12-9-17-13(7-8-23-26-17)10-16(12)24-20-22-11-18-19(25-20)28(21(30)27(18)2)14-3-5-15(29)6-4-14/h7-11,15,29H,3-6H2,1-2H3,(H,22,24,25)/q+1. The third-order valence-corrected chi connectivity index (χ3v) is 5.76. The van der Waals surface area contributed by atoms with Gasteiger partial charge in [-0.3, -0.25) is 0 Å². The van der Waals surface area contributed by atoms with Crippen molar-refractivity contribution in [2.24, 2.45) is 0 Å². The summed E-state index contributed by atoms with van der Waals surface area (Å²) < 4.78 is 1.68. The van der Waals surface area contributed by atoms with Gasteiger partial charge in [0.15, 0.2) is 5.69 Å². The number of nitrogens with zero attached hydrogens (tertiary/aromatic N) is 6. The first kappa shape index (κ1) is 18.6. The number of carbonyl (C=O) groups is 1. The second-order valence-corrected chi connectivity index (χ2v) is 7.76. The Kier molecular flexibility index (Phi) is 4.39. The van der Waals surface area contributed by atoms with Gasteiger partial charge in [0.05, 0.1) is 36.8 Å². The number of carbonyl (C=O) groups excluding carboxylic acids is 1. The van der Waals surface area contributed by atoms with Crippen LogP contribution in [0, 0.1) is 6.92 Å². The molecule has 1 aliphatic heterocycles. The van der Waals surface area contributed by atoms with Gasteiger partial charge in [-0.1, -0.05) is 4.98 Å². The Hall–Kier alpha value is -3.46. The van der Waals surface area contributed by atoms with Gasteiger partial charge in [0.1, 0.15) is 0 Å². The topological polar surface area (TPSA) is 107 Å². The van der Waals surface area contributed by atoms with Crippen LogP contribution in [-0.4, -0.2) is 54.7 Å². The lowest BCUT2D eigenvalue weighted by molar-refractivity contribution is -0.330. The molecule has 3 aromatic rings. The molecule has 1 aromatic carbocycles. The van der Waals surface area contributed by atoms with Gasteiger partial charge in [0.2, 0.25) is 0 Å². The van der Waals surface area contributed by atoms with E-state index in [1.807, 2.05) is 25.1 Å². The Balaban J connectivity index is 1.53. The number of urea groups is 1. The van der Waals surface area contributed by atoms with Crippen molar-refractivity contribution in [1.29, 1.82) is 0 Å². The van der Waals surface area contributed by atoms with Crippen LogP contribution in [0.4, 0.5) is 27.9 Å². The Morgan fingerprint density at radius 3 is 2.87 bits per heavy atom. The van der Waals surface area contributed by atoms with Gasteiger partial charge in [0, 0.05) is 23.9 Å². The molecule has 9 heteroatoms. The summed E-state index contributed by atoms with van der Waals surface area (Å²) in [6.07, 6.45) is 5.71. The number of nitrogens with one attached hydrogen (secondary N) is 1. The molecule has 1 aliphatic carbocycles. The summed E-state index contributed by atoms with van der Waals surface area (Å²) in [5.41, 5.74) is 4.35. The molecule has 0 bridgehead atoms. The predicted molar refractivity (Wildman–Crippen MR) is 113 cm³/mol. The number of benzene rings is 1. The number of aliphatic hydroxyl groups is 1. The SMILES string of the molecule is Cc1cc2nnccc2cc1Nc1ncc2c(n1)[N+](=C1CCC(O)CC1)C(=O)N2C. The molecular formula is C21H22N7O2+. The van der Waals surface area contributed by atoms with Crippen LogP contribution in [0.3, 0.4) is 0 Å². The van der Waals surface area contributed by atoms with Crippen LogP contribution in [0.2, 0.25) is 0 Å². The summed E-state index contributed by atoms with van der Waals surface area (Å²) in [6, 6.07) is 5.72. The van der Waals surface area contributed by atoms with Crippen molar-refractivity contribution in [3.8, 4) is 0 Å². The van der Waals surface area contributed by atoms with E-state index in [1.165, 1.54) is 0 Å². The summed E-state index contributed by atoms with van der Waals surface area (Å²) in [5.74, 6) is 0.999. The predicted octanol–water partition coefficient (Wildman–Crippen LogP) is 3.06. The summed E-state index contributed by atoms with van der Waals surface area (Å²) in [4.78, 5) is 23.5. The number of aromatic nitrogens is 4. The fourth-order valence-electron chi connectivity index (χ4n) is 4.01. The van der Waals surface area contributed by atoms with Gasteiger partial charge < -0.3 is 10.4 Å². The van der Waals surface area contributed by atoms with Crippen LogP contribution in [0.1, 0.15) is 31.2 Å². The maximum atomic E-state index is 12.9. The zero-order valence-corrected chi connectivity index (χ0v) is 16.8. The Labute approximate surface area is 173 Å². The molecule has 0 radical (unpaired) electrons. The molecule has 30 heavy (non-hydrogen) atoms. The zero-order valence-electron chi connectivity index (χ0n) is 16.8. The summed E-state index contributed by atoms with van der Waals surface area (Å²) >= 11 is 0. The number of rotatable bonds is 2. The molecule has 0 atom stereocenters. The number of hydrogen-bond donors (Lipinski definition) is 2. The minimum atomic E-state index is -0.299. The first-order valence-corrected chi connectivity index (χ1v) is 9.98. The average Bonchev–Trinajstić information content (AvgIpc) is 2.99. The van der Waals surface area contributed by atoms with Crippen molar-refractivity contribution < 1.29 is 14.5 Å². The van der Waals surface area contributed by atoms with E-state index in [2.05, 4.69) is 25.5 Å². The molecule has 0 spiro atoms. The smallest absolute Gasteiger partial charge is 0.393 e. The molecule has 1 fully saturated rings. The second-order valence-electron chi connectivity index (χ2n) is 7.76. The molecule has 1 saturated carbocycles. The van der Waals surface area contributed by atoms with Gasteiger partial charge >= 0.3 is 17.8 Å². The van der Waals surface area contributed by atoms with E-state index in [-0.39, 0.29) is 12.1 Å². The van der Waals surface area contributed by atoms with Crippen LogP contribution in [-0.2, 0) is 0 Å². The van der Waals surface area contributed by atoms with Crippen molar-refractivity contribution in [2.75, 3.05) is 17.3 Å². The third-order valence-electron chi connectivity index (χ3n) is 5.76. The summed E-state index contributed by atoms with van der Waals surface area (Å²) in [5, 5.41) is 22.1. The third kappa shape index (κ3) is 3.07. The van der Waals surface area contributed by atoms with Gasteiger partial charge in [0.25, 0.3) is 0 Å². The van der Waals surface area contributed by atoms with Crippen LogP contribution >= 0.6 is 0 Å². The largest absolute Gasteiger partial charge is 0.448 e. The zero-order chi connectivity index (χ0) is 20.8. The van der Waals surface area contributed by atoms with Crippen LogP contribution in [0.15, 0.2) is 30.6 Å². The normalized spacial score (nSPS) is 18.8. The van der Waals surface area contributed by atoms with E-state index in [0.29, 0.717) is 43.1 Å². The quantitative estimate of drug-likeness (QED) is 0.632. The maximum Gasteiger partial charge on any atom is 0.448 e. The molecular weight excluding hydrogens is 382 g/mol. The molecule has 2 aliphatic rings. The highest BCUT2D eigenvalue weighted by atomic mass is 16.3. The van der Waals surface area contributed by atoms with E-state index in [0.717, 1.165) is 27.9 Å². The Bertz CT molecular complexity index is 1200. The number of hydrogen-bond acceptors (Lipinski definition) is 7. The molecule has 3 heterocycles. The Morgan fingerprint density at radius 2 is 2.07 bits per heavy atom. The minimum absolute atomic E-state index is 0.136. The fraction of sp³-hybridized carbons (Fsp3) is 0.333. The van der Waals surface area contributed by atoms with E-state index in [1.54, 1.807) is 28.9 Å². The van der Waals surface area contributed by atoms with Crippen LogP contribution in [0.25, 0.3) is 10.9 Å². The Morgan fingerprint density at radius 1 is 1.27 bits per heavy atom. The lowest BCUT2D eigenvalue weighted by Crippen LogP contribution is -2.32. The van der Waals surface area contributed by atoms with E-state index < -0.39 is 0 Å². The molecule has 2 aromatic heterocycles. The number of fused-ring (bicyclic) bond motifs is 2.